The first-order valence-corrected chi connectivity index (χ1v) is 11.2. The Morgan fingerprint density at radius 3 is 2.53 bits per heavy atom. The van der Waals surface area contributed by atoms with E-state index in [0.29, 0.717) is 31.9 Å². The molecule has 0 saturated heterocycles. The van der Waals surface area contributed by atoms with E-state index in [2.05, 4.69) is 4.98 Å². The minimum Gasteiger partial charge on any atom is -0.497 e. The van der Waals surface area contributed by atoms with Crippen molar-refractivity contribution in [3.63, 3.8) is 0 Å². The minimum absolute atomic E-state index is 0.0164. The van der Waals surface area contributed by atoms with E-state index >= 15 is 0 Å². The highest BCUT2D eigenvalue weighted by Gasteiger charge is 2.45. The lowest BCUT2D eigenvalue weighted by Crippen LogP contribution is -2.29. The van der Waals surface area contributed by atoms with Gasteiger partial charge in [0.15, 0.2) is 10.6 Å². The van der Waals surface area contributed by atoms with Crippen LogP contribution < -0.4 is 15.1 Å². The van der Waals surface area contributed by atoms with Crippen LogP contribution in [0.5, 0.6) is 5.75 Å². The van der Waals surface area contributed by atoms with Crippen LogP contribution in [0.3, 0.4) is 0 Å². The standard InChI is InChI=1S/C23H16Cl2N2O4S/c1-10-11(2)32-23(26-10)27-19(12-4-7-15(24)16(25)8-12)18-20(28)14-6-5-13(30-3)9-17(14)31-21(18)22(27)29/h4-9,19H,1-3H3. The van der Waals surface area contributed by atoms with E-state index < -0.39 is 11.9 Å². The Balaban J connectivity index is 1.82. The van der Waals surface area contributed by atoms with Crippen LogP contribution in [0.4, 0.5) is 5.13 Å². The number of fused-ring (bicyclic) bond motifs is 2. The molecule has 4 aromatic rings. The molecule has 0 aliphatic carbocycles. The molecule has 1 atom stereocenters. The quantitative estimate of drug-likeness (QED) is 0.358. The smallest absolute Gasteiger partial charge is 0.297 e. The topological polar surface area (TPSA) is 72.6 Å². The Morgan fingerprint density at radius 1 is 1.09 bits per heavy atom. The van der Waals surface area contributed by atoms with E-state index in [1.807, 2.05) is 13.8 Å². The average Bonchev–Trinajstić information content (AvgIpc) is 3.26. The zero-order chi connectivity index (χ0) is 22.7. The van der Waals surface area contributed by atoms with Gasteiger partial charge in [-0.1, -0.05) is 29.3 Å². The molecule has 1 aliphatic heterocycles. The molecule has 3 heterocycles. The highest BCUT2D eigenvalue weighted by atomic mass is 35.5. The summed E-state index contributed by atoms with van der Waals surface area (Å²) in [5.74, 6) is 0.0686. The summed E-state index contributed by atoms with van der Waals surface area (Å²) in [6.45, 7) is 3.81. The van der Waals surface area contributed by atoms with Crippen molar-refractivity contribution in [1.82, 2.24) is 4.98 Å². The third-order valence-corrected chi connectivity index (χ3v) is 7.37. The van der Waals surface area contributed by atoms with Crippen LogP contribution in [-0.2, 0) is 0 Å². The molecule has 5 rings (SSSR count). The number of anilines is 1. The van der Waals surface area contributed by atoms with Gasteiger partial charge < -0.3 is 9.15 Å². The van der Waals surface area contributed by atoms with Gasteiger partial charge in [0.25, 0.3) is 5.91 Å². The van der Waals surface area contributed by atoms with Gasteiger partial charge in [-0.3, -0.25) is 14.5 Å². The number of nitrogens with zero attached hydrogens (tertiary/aromatic N) is 2. The molecule has 1 aliphatic rings. The van der Waals surface area contributed by atoms with Gasteiger partial charge in [0, 0.05) is 10.9 Å². The van der Waals surface area contributed by atoms with Crippen molar-refractivity contribution in [2.24, 2.45) is 0 Å². The summed E-state index contributed by atoms with van der Waals surface area (Å²) in [7, 11) is 1.52. The second-order valence-corrected chi connectivity index (χ2v) is 9.42. The van der Waals surface area contributed by atoms with E-state index in [4.69, 9.17) is 32.4 Å². The molecule has 162 valence electrons. The van der Waals surface area contributed by atoms with E-state index in [9.17, 15) is 9.59 Å². The van der Waals surface area contributed by atoms with Crippen molar-refractivity contribution in [2.75, 3.05) is 12.0 Å². The summed E-state index contributed by atoms with van der Waals surface area (Å²) < 4.78 is 11.2. The van der Waals surface area contributed by atoms with Crippen LogP contribution in [0.25, 0.3) is 11.0 Å². The molecule has 0 saturated carbocycles. The highest BCUT2D eigenvalue weighted by molar-refractivity contribution is 7.15. The number of aromatic nitrogens is 1. The van der Waals surface area contributed by atoms with Crippen molar-refractivity contribution < 1.29 is 13.9 Å². The summed E-state index contributed by atoms with van der Waals surface area (Å²) in [5.41, 5.74) is 1.69. The highest BCUT2D eigenvalue weighted by Crippen LogP contribution is 2.44. The van der Waals surface area contributed by atoms with E-state index in [1.165, 1.54) is 23.3 Å². The van der Waals surface area contributed by atoms with Gasteiger partial charge in [-0.2, -0.15) is 0 Å². The fraction of sp³-hybridized carbons (Fsp3) is 0.174. The first-order chi connectivity index (χ1) is 15.3. The number of carbonyl (C=O) groups is 1. The van der Waals surface area contributed by atoms with Gasteiger partial charge in [0.2, 0.25) is 5.76 Å². The van der Waals surface area contributed by atoms with Gasteiger partial charge in [-0.05, 0) is 43.7 Å². The van der Waals surface area contributed by atoms with Gasteiger partial charge in [0.05, 0.1) is 39.8 Å². The number of halogens is 2. The number of hydrogen-bond donors (Lipinski definition) is 0. The third-order valence-electron chi connectivity index (χ3n) is 5.56. The molecular formula is C23H16Cl2N2O4S. The second kappa shape index (κ2) is 7.62. The maximum Gasteiger partial charge on any atom is 0.297 e. The molecule has 1 amide bonds. The molecule has 0 bridgehead atoms. The van der Waals surface area contributed by atoms with Crippen LogP contribution in [0.1, 0.15) is 38.3 Å². The first kappa shape index (κ1) is 21.0. The van der Waals surface area contributed by atoms with Crippen molar-refractivity contribution >= 4 is 56.5 Å². The first-order valence-electron chi connectivity index (χ1n) is 9.67. The van der Waals surface area contributed by atoms with Crippen LogP contribution in [0.15, 0.2) is 45.6 Å². The normalized spacial score (nSPS) is 15.5. The molecule has 2 aromatic heterocycles. The fourth-order valence-electron chi connectivity index (χ4n) is 3.83. The molecule has 0 N–H and O–H groups in total. The third kappa shape index (κ3) is 3.11. The van der Waals surface area contributed by atoms with E-state index in [1.54, 1.807) is 36.4 Å². The number of ether oxygens (including phenoxy) is 1. The monoisotopic (exact) mass is 486 g/mol. The lowest BCUT2D eigenvalue weighted by molar-refractivity contribution is 0.0971. The molecular weight excluding hydrogens is 471 g/mol. The van der Waals surface area contributed by atoms with Gasteiger partial charge in [0.1, 0.15) is 11.3 Å². The Kier molecular flexibility index (Phi) is 5.00. The van der Waals surface area contributed by atoms with Crippen LogP contribution in [0.2, 0.25) is 10.0 Å². The summed E-state index contributed by atoms with van der Waals surface area (Å²) in [6.07, 6.45) is 0. The molecule has 0 radical (unpaired) electrons. The number of benzene rings is 2. The van der Waals surface area contributed by atoms with Crippen LogP contribution in [0, 0.1) is 13.8 Å². The Morgan fingerprint density at radius 2 is 1.88 bits per heavy atom. The number of aryl methyl sites for hydroxylation is 2. The number of hydrogen-bond acceptors (Lipinski definition) is 6. The molecule has 0 spiro atoms. The Hall–Kier alpha value is -2.87. The van der Waals surface area contributed by atoms with Gasteiger partial charge in [-0.25, -0.2) is 4.98 Å². The summed E-state index contributed by atoms with van der Waals surface area (Å²) in [5, 5.41) is 1.54. The summed E-state index contributed by atoms with van der Waals surface area (Å²) in [4.78, 5) is 34.2. The fourth-order valence-corrected chi connectivity index (χ4v) is 5.08. The summed E-state index contributed by atoms with van der Waals surface area (Å²) >= 11 is 13.8. The zero-order valence-corrected chi connectivity index (χ0v) is 19.6. The van der Waals surface area contributed by atoms with Crippen molar-refractivity contribution in [3.05, 3.63) is 84.1 Å². The maximum absolute atomic E-state index is 13.6. The van der Waals surface area contributed by atoms with Crippen LogP contribution in [-0.4, -0.2) is 18.0 Å². The Labute approximate surface area is 197 Å². The van der Waals surface area contributed by atoms with Crippen molar-refractivity contribution in [1.29, 1.82) is 0 Å². The minimum atomic E-state index is -0.750. The molecule has 32 heavy (non-hydrogen) atoms. The maximum atomic E-state index is 13.6. The molecule has 0 fully saturated rings. The number of amides is 1. The molecule has 6 nitrogen and oxygen atoms in total. The second-order valence-electron chi connectivity index (χ2n) is 7.43. The Bertz CT molecular complexity index is 1460. The predicted molar refractivity (Wildman–Crippen MR) is 126 cm³/mol. The van der Waals surface area contributed by atoms with Crippen molar-refractivity contribution in [3.8, 4) is 5.75 Å². The summed E-state index contributed by atoms with van der Waals surface area (Å²) in [6, 6.07) is 9.22. The lowest BCUT2D eigenvalue weighted by Gasteiger charge is -2.22. The molecule has 1 unspecified atom stereocenters. The lowest BCUT2D eigenvalue weighted by atomic mass is 9.98. The van der Waals surface area contributed by atoms with E-state index in [-0.39, 0.29) is 22.3 Å². The number of thiazole rings is 1. The zero-order valence-electron chi connectivity index (χ0n) is 17.2. The molecule has 2 aromatic carbocycles. The van der Waals surface area contributed by atoms with Gasteiger partial charge >= 0.3 is 0 Å². The van der Waals surface area contributed by atoms with E-state index in [0.717, 1.165) is 10.6 Å². The predicted octanol–water partition coefficient (Wildman–Crippen LogP) is 5.93. The number of carbonyl (C=O) groups excluding carboxylic acids is 1. The SMILES string of the molecule is COc1ccc2c(=O)c3c(oc2c1)C(=O)N(c1nc(C)c(C)s1)C3c1ccc(Cl)c(Cl)c1. The van der Waals surface area contributed by atoms with Crippen molar-refractivity contribution in [2.45, 2.75) is 19.9 Å². The average molecular weight is 487 g/mol. The number of methoxy groups -OCH3 is 1. The molecule has 9 heteroatoms. The van der Waals surface area contributed by atoms with Crippen LogP contribution >= 0.6 is 34.5 Å². The van der Waals surface area contributed by atoms with Gasteiger partial charge in [-0.15, -0.1) is 11.3 Å². The number of rotatable bonds is 3. The largest absolute Gasteiger partial charge is 0.497 e.